The molecule has 38 heavy (non-hydrogen) atoms. The van der Waals surface area contributed by atoms with Crippen LogP contribution in [0, 0.1) is 16.7 Å². The SMILES string of the molecule is COC(=O)[C@@](N)(CCOC(=O)OCCC(C)C)Cc1ccc(OC(=O)C(C)(C)C)c(OC(=O)C(C)(C)C)c1. The molecule has 0 amide bonds. The van der Waals surface area contributed by atoms with Crippen LogP contribution in [-0.4, -0.2) is 49.9 Å². The lowest BCUT2D eigenvalue weighted by Crippen LogP contribution is -2.51. The molecule has 0 aliphatic rings. The van der Waals surface area contributed by atoms with Crippen LogP contribution >= 0.6 is 0 Å². The van der Waals surface area contributed by atoms with Crippen molar-refractivity contribution >= 4 is 24.1 Å². The van der Waals surface area contributed by atoms with Crippen LogP contribution in [0.1, 0.15) is 73.8 Å². The van der Waals surface area contributed by atoms with Gasteiger partial charge in [-0.3, -0.25) is 14.4 Å². The molecule has 214 valence electrons. The molecule has 0 aliphatic heterocycles. The summed E-state index contributed by atoms with van der Waals surface area (Å²) in [6.45, 7) is 14.2. The first kappa shape index (κ1) is 32.9. The highest BCUT2D eigenvalue weighted by atomic mass is 16.7. The van der Waals surface area contributed by atoms with Gasteiger partial charge in [0, 0.05) is 12.8 Å². The van der Waals surface area contributed by atoms with Crippen molar-refractivity contribution in [3.05, 3.63) is 23.8 Å². The van der Waals surface area contributed by atoms with Crippen LogP contribution in [-0.2, 0) is 35.0 Å². The standard InChI is InChI=1S/C28H43NO9/c1-18(2)12-14-35-25(33)36-15-13-28(29,24(32)34-9)17-19-10-11-20(37-22(30)26(3,4)5)21(16-19)38-23(31)27(6,7)8/h10-11,16,18H,12-15,17,29H2,1-9H3/t28-/m1/s1. The topological polar surface area (TPSA) is 140 Å². The molecule has 1 rings (SSSR count). The largest absolute Gasteiger partial charge is 0.508 e. The number of ether oxygens (including phenoxy) is 5. The molecule has 0 bridgehead atoms. The minimum Gasteiger partial charge on any atom is -0.468 e. The average Bonchev–Trinajstić information content (AvgIpc) is 2.78. The van der Waals surface area contributed by atoms with Gasteiger partial charge < -0.3 is 29.4 Å². The number of hydrogen-bond acceptors (Lipinski definition) is 10. The first-order valence-electron chi connectivity index (χ1n) is 12.6. The van der Waals surface area contributed by atoms with E-state index in [1.165, 1.54) is 19.2 Å². The molecular weight excluding hydrogens is 494 g/mol. The number of esters is 3. The number of benzene rings is 1. The molecular formula is C28H43NO9. The van der Waals surface area contributed by atoms with E-state index in [0.717, 1.165) is 0 Å². The zero-order valence-corrected chi connectivity index (χ0v) is 24.1. The number of nitrogens with two attached hydrogens (primary N) is 1. The van der Waals surface area contributed by atoms with Gasteiger partial charge in [-0.05, 0) is 71.6 Å². The van der Waals surface area contributed by atoms with E-state index in [-0.39, 0.29) is 37.6 Å². The van der Waals surface area contributed by atoms with Crippen molar-refractivity contribution < 1.29 is 42.9 Å². The third-order valence-corrected chi connectivity index (χ3v) is 5.43. The highest BCUT2D eigenvalue weighted by Gasteiger charge is 2.36. The maximum Gasteiger partial charge on any atom is 0.508 e. The summed E-state index contributed by atoms with van der Waals surface area (Å²) in [5, 5.41) is 0. The van der Waals surface area contributed by atoms with Crippen molar-refractivity contribution in [2.24, 2.45) is 22.5 Å². The summed E-state index contributed by atoms with van der Waals surface area (Å²) in [4.78, 5) is 49.5. The maximum atomic E-state index is 12.6. The van der Waals surface area contributed by atoms with E-state index >= 15 is 0 Å². The normalized spacial score (nSPS) is 13.3. The van der Waals surface area contributed by atoms with Gasteiger partial charge in [0.25, 0.3) is 0 Å². The van der Waals surface area contributed by atoms with E-state index in [4.69, 9.17) is 29.4 Å². The van der Waals surface area contributed by atoms with Crippen molar-refractivity contribution in [1.82, 2.24) is 0 Å². The van der Waals surface area contributed by atoms with Gasteiger partial charge in [0.2, 0.25) is 0 Å². The summed E-state index contributed by atoms with van der Waals surface area (Å²) >= 11 is 0. The summed E-state index contributed by atoms with van der Waals surface area (Å²) in [6.07, 6.45) is -0.254. The van der Waals surface area contributed by atoms with Crippen LogP contribution in [0.25, 0.3) is 0 Å². The molecule has 1 aromatic carbocycles. The minimum atomic E-state index is -1.57. The predicted octanol–water partition coefficient (Wildman–Crippen LogP) is 4.59. The molecule has 0 aromatic heterocycles. The van der Waals surface area contributed by atoms with E-state index in [1.54, 1.807) is 47.6 Å². The average molecular weight is 538 g/mol. The zero-order valence-electron chi connectivity index (χ0n) is 24.1. The molecule has 0 heterocycles. The highest BCUT2D eigenvalue weighted by Crippen LogP contribution is 2.33. The third-order valence-electron chi connectivity index (χ3n) is 5.43. The maximum absolute atomic E-state index is 12.6. The minimum absolute atomic E-state index is 0.0113. The fraction of sp³-hybridized carbons (Fsp3) is 0.643. The molecule has 0 aliphatic carbocycles. The fourth-order valence-corrected chi connectivity index (χ4v) is 2.90. The van der Waals surface area contributed by atoms with Crippen LogP contribution in [0.4, 0.5) is 4.79 Å². The van der Waals surface area contributed by atoms with Gasteiger partial charge in [0.15, 0.2) is 11.5 Å². The Hall–Kier alpha value is -3.14. The van der Waals surface area contributed by atoms with E-state index in [2.05, 4.69) is 0 Å². The Kier molecular flexibility index (Phi) is 11.8. The Labute approximate surface area is 225 Å². The molecule has 10 nitrogen and oxygen atoms in total. The summed E-state index contributed by atoms with van der Waals surface area (Å²) in [6, 6.07) is 4.57. The van der Waals surface area contributed by atoms with Crippen LogP contribution in [0.5, 0.6) is 11.5 Å². The fourth-order valence-electron chi connectivity index (χ4n) is 2.90. The van der Waals surface area contributed by atoms with E-state index in [9.17, 15) is 19.2 Å². The molecule has 0 unspecified atom stereocenters. The summed E-state index contributed by atoms with van der Waals surface area (Å²) in [7, 11) is 1.20. The number of carbonyl (C=O) groups is 4. The van der Waals surface area contributed by atoms with Gasteiger partial charge in [-0.15, -0.1) is 0 Å². The Morgan fingerprint density at radius 3 is 1.84 bits per heavy atom. The summed E-state index contributed by atoms with van der Waals surface area (Å²) in [5.74, 6) is -1.34. The Bertz CT molecular complexity index is 989. The van der Waals surface area contributed by atoms with E-state index in [0.29, 0.717) is 17.9 Å². The summed E-state index contributed by atoms with van der Waals surface area (Å²) in [5.41, 5.74) is 3.72. The Morgan fingerprint density at radius 1 is 0.816 bits per heavy atom. The van der Waals surface area contributed by atoms with Crippen molar-refractivity contribution in [3.63, 3.8) is 0 Å². The van der Waals surface area contributed by atoms with E-state index < -0.39 is 40.4 Å². The molecule has 0 radical (unpaired) electrons. The summed E-state index contributed by atoms with van der Waals surface area (Å²) < 4.78 is 26.1. The zero-order chi connectivity index (χ0) is 29.3. The van der Waals surface area contributed by atoms with Crippen molar-refractivity contribution in [2.75, 3.05) is 20.3 Å². The van der Waals surface area contributed by atoms with Crippen molar-refractivity contribution in [3.8, 4) is 11.5 Å². The van der Waals surface area contributed by atoms with Crippen LogP contribution in [0.15, 0.2) is 18.2 Å². The molecule has 0 spiro atoms. The molecule has 1 aromatic rings. The van der Waals surface area contributed by atoms with Gasteiger partial charge in [0.1, 0.15) is 5.54 Å². The molecule has 2 N–H and O–H groups in total. The Morgan fingerprint density at radius 2 is 1.34 bits per heavy atom. The van der Waals surface area contributed by atoms with Crippen molar-refractivity contribution in [2.45, 2.75) is 80.2 Å². The highest BCUT2D eigenvalue weighted by molar-refractivity contribution is 5.82. The van der Waals surface area contributed by atoms with Gasteiger partial charge in [-0.2, -0.15) is 0 Å². The van der Waals surface area contributed by atoms with Crippen LogP contribution in [0.3, 0.4) is 0 Å². The van der Waals surface area contributed by atoms with Gasteiger partial charge in [-0.25, -0.2) is 4.79 Å². The number of carbonyl (C=O) groups excluding carboxylic acids is 4. The van der Waals surface area contributed by atoms with Crippen LogP contribution in [0.2, 0.25) is 0 Å². The van der Waals surface area contributed by atoms with Gasteiger partial charge in [0.05, 0.1) is 31.2 Å². The molecule has 1 atom stereocenters. The number of hydrogen-bond donors (Lipinski definition) is 1. The smallest absolute Gasteiger partial charge is 0.468 e. The second-order valence-corrected chi connectivity index (χ2v) is 11.8. The molecule has 0 fully saturated rings. The lowest BCUT2D eigenvalue weighted by molar-refractivity contribution is -0.148. The predicted molar refractivity (Wildman–Crippen MR) is 141 cm³/mol. The number of rotatable bonds is 11. The lowest BCUT2D eigenvalue weighted by Gasteiger charge is -2.27. The first-order valence-corrected chi connectivity index (χ1v) is 12.6. The molecule has 0 saturated heterocycles. The Balaban J connectivity index is 3.15. The quantitative estimate of drug-likeness (QED) is 0.315. The van der Waals surface area contributed by atoms with Gasteiger partial charge in [-0.1, -0.05) is 19.9 Å². The first-order chi connectivity index (χ1) is 17.4. The second kappa shape index (κ2) is 13.6. The number of methoxy groups -OCH3 is 1. The lowest BCUT2D eigenvalue weighted by atomic mass is 9.88. The van der Waals surface area contributed by atoms with Gasteiger partial charge >= 0.3 is 24.1 Å². The van der Waals surface area contributed by atoms with Crippen molar-refractivity contribution in [1.29, 1.82) is 0 Å². The van der Waals surface area contributed by atoms with E-state index in [1.807, 2.05) is 13.8 Å². The molecule has 0 saturated carbocycles. The molecule has 10 heteroatoms. The second-order valence-electron chi connectivity index (χ2n) is 11.8. The third kappa shape index (κ3) is 10.7. The monoisotopic (exact) mass is 537 g/mol. The van der Waals surface area contributed by atoms with Crippen LogP contribution < -0.4 is 15.2 Å².